The van der Waals surface area contributed by atoms with E-state index in [-0.39, 0.29) is 0 Å². The highest BCUT2D eigenvalue weighted by Gasteiger charge is 2.57. The van der Waals surface area contributed by atoms with Crippen molar-refractivity contribution in [3.63, 3.8) is 0 Å². The van der Waals surface area contributed by atoms with Crippen molar-refractivity contribution < 1.29 is 4.74 Å². The smallest absolute Gasteiger partial charge is 0.161 e. The van der Waals surface area contributed by atoms with Gasteiger partial charge >= 0.3 is 0 Å². The first-order valence-corrected chi connectivity index (χ1v) is 8.03. The summed E-state index contributed by atoms with van der Waals surface area (Å²) in [6.07, 6.45) is 6.12. The van der Waals surface area contributed by atoms with E-state index in [1.54, 1.807) is 7.11 Å². The molecular formula is C16H27N3O. The molecule has 0 amide bonds. The second kappa shape index (κ2) is 5.40. The molecule has 2 aliphatic carbocycles. The zero-order chi connectivity index (χ0) is 14.3. The number of rotatable bonds is 6. The summed E-state index contributed by atoms with van der Waals surface area (Å²) in [5, 5.41) is 8.25. The number of hydrogen-bond acceptors (Lipinski definition) is 3. The van der Waals surface area contributed by atoms with E-state index < -0.39 is 0 Å². The number of methoxy groups -OCH3 is 1. The standard InChI is InChI=1S/C16H27N3O/c1-5-17-15(14-11-7-6-8-12(11)14)16-13(20-4)9-18-19(16)10(2)3/h9-12,14-15,17H,5-8H2,1-4H3. The van der Waals surface area contributed by atoms with Crippen molar-refractivity contribution >= 4 is 0 Å². The van der Waals surface area contributed by atoms with Crippen molar-refractivity contribution in [1.82, 2.24) is 15.1 Å². The fraction of sp³-hybridized carbons (Fsp3) is 0.812. The second-order valence-electron chi connectivity index (χ2n) is 6.51. The summed E-state index contributed by atoms with van der Waals surface area (Å²) < 4.78 is 7.72. The number of aromatic nitrogens is 2. The summed E-state index contributed by atoms with van der Waals surface area (Å²) in [5.74, 6) is 3.58. The van der Waals surface area contributed by atoms with Gasteiger partial charge in [-0.25, -0.2) is 0 Å². The lowest BCUT2D eigenvalue weighted by Crippen LogP contribution is -2.28. The van der Waals surface area contributed by atoms with Crippen LogP contribution in [-0.2, 0) is 0 Å². The van der Waals surface area contributed by atoms with Gasteiger partial charge in [-0.2, -0.15) is 5.10 Å². The van der Waals surface area contributed by atoms with E-state index in [4.69, 9.17) is 4.74 Å². The van der Waals surface area contributed by atoms with Crippen LogP contribution in [0.2, 0.25) is 0 Å². The van der Waals surface area contributed by atoms with Gasteiger partial charge in [0.25, 0.3) is 0 Å². The molecule has 2 fully saturated rings. The van der Waals surface area contributed by atoms with Gasteiger partial charge in [0.2, 0.25) is 0 Å². The van der Waals surface area contributed by atoms with Crippen molar-refractivity contribution in [3.05, 3.63) is 11.9 Å². The van der Waals surface area contributed by atoms with Crippen LogP contribution in [0.5, 0.6) is 5.75 Å². The highest BCUT2D eigenvalue weighted by molar-refractivity contribution is 5.31. The third-order valence-electron chi connectivity index (χ3n) is 5.08. The lowest BCUT2D eigenvalue weighted by atomic mass is 10.00. The van der Waals surface area contributed by atoms with E-state index in [0.717, 1.165) is 30.0 Å². The fourth-order valence-electron chi connectivity index (χ4n) is 4.23. The molecule has 1 N–H and O–H groups in total. The van der Waals surface area contributed by atoms with Gasteiger partial charge in [0, 0.05) is 6.04 Å². The van der Waals surface area contributed by atoms with E-state index in [9.17, 15) is 0 Å². The van der Waals surface area contributed by atoms with E-state index in [1.165, 1.54) is 25.0 Å². The van der Waals surface area contributed by atoms with Gasteiger partial charge in [-0.3, -0.25) is 4.68 Å². The largest absolute Gasteiger partial charge is 0.493 e. The number of fused-ring (bicyclic) bond motifs is 1. The van der Waals surface area contributed by atoms with Crippen LogP contribution in [0.25, 0.3) is 0 Å². The van der Waals surface area contributed by atoms with E-state index in [0.29, 0.717) is 12.1 Å². The van der Waals surface area contributed by atoms with Crippen LogP contribution in [0.15, 0.2) is 6.20 Å². The van der Waals surface area contributed by atoms with Gasteiger partial charge in [0.15, 0.2) is 5.75 Å². The Labute approximate surface area is 121 Å². The zero-order valence-corrected chi connectivity index (χ0v) is 13.1. The summed E-state index contributed by atoms with van der Waals surface area (Å²) in [4.78, 5) is 0. The number of nitrogens with one attached hydrogen (secondary N) is 1. The summed E-state index contributed by atoms with van der Waals surface area (Å²) in [6.45, 7) is 7.56. The van der Waals surface area contributed by atoms with Gasteiger partial charge in [0.05, 0.1) is 25.0 Å². The molecule has 3 rings (SSSR count). The molecule has 2 aliphatic rings. The van der Waals surface area contributed by atoms with Gasteiger partial charge < -0.3 is 10.1 Å². The molecule has 0 aromatic carbocycles. The molecular weight excluding hydrogens is 250 g/mol. The molecule has 0 saturated heterocycles. The average Bonchev–Trinajstić information content (AvgIpc) is 2.84. The van der Waals surface area contributed by atoms with Crippen LogP contribution < -0.4 is 10.1 Å². The van der Waals surface area contributed by atoms with Crippen molar-refractivity contribution in [2.24, 2.45) is 17.8 Å². The molecule has 1 aromatic rings. The molecule has 2 saturated carbocycles. The number of ether oxygens (including phenoxy) is 1. The molecule has 3 unspecified atom stereocenters. The molecule has 0 aliphatic heterocycles. The van der Waals surface area contributed by atoms with Gasteiger partial charge in [-0.1, -0.05) is 13.3 Å². The Bertz CT molecular complexity index is 458. The summed E-state index contributed by atoms with van der Waals surface area (Å²) in [7, 11) is 1.75. The quantitative estimate of drug-likeness (QED) is 0.868. The van der Waals surface area contributed by atoms with Crippen LogP contribution in [0.4, 0.5) is 0 Å². The maximum Gasteiger partial charge on any atom is 0.161 e. The molecule has 4 heteroatoms. The van der Waals surface area contributed by atoms with Crippen LogP contribution in [0, 0.1) is 17.8 Å². The zero-order valence-electron chi connectivity index (χ0n) is 13.1. The first-order valence-electron chi connectivity index (χ1n) is 8.03. The summed E-state index contributed by atoms with van der Waals surface area (Å²) >= 11 is 0. The third kappa shape index (κ3) is 2.14. The molecule has 1 heterocycles. The van der Waals surface area contributed by atoms with Crippen molar-refractivity contribution in [1.29, 1.82) is 0 Å². The topological polar surface area (TPSA) is 39.1 Å². The Balaban J connectivity index is 1.92. The maximum absolute atomic E-state index is 5.58. The highest BCUT2D eigenvalue weighted by Crippen LogP contribution is 2.62. The summed E-state index contributed by atoms with van der Waals surface area (Å²) in [5.41, 5.74) is 1.25. The van der Waals surface area contributed by atoms with Crippen LogP contribution >= 0.6 is 0 Å². The van der Waals surface area contributed by atoms with Crippen LogP contribution in [0.1, 0.15) is 57.8 Å². The van der Waals surface area contributed by atoms with Crippen molar-refractivity contribution in [2.75, 3.05) is 13.7 Å². The summed E-state index contributed by atoms with van der Waals surface area (Å²) in [6, 6.07) is 0.767. The van der Waals surface area contributed by atoms with Crippen molar-refractivity contribution in [3.8, 4) is 5.75 Å². The SMILES string of the molecule is CCNC(c1c(OC)cnn1C(C)C)C1C2CCCC21. The highest BCUT2D eigenvalue weighted by atomic mass is 16.5. The Morgan fingerprint density at radius 1 is 1.40 bits per heavy atom. The minimum Gasteiger partial charge on any atom is -0.493 e. The molecule has 20 heavy (non-hydrogen) atoms. The van der Waals surface area contributed by atoms with E-state index >= 15 is 0 Å². The molecule has 112 valence electrons. The minimum atomic E-state index is 0.369. The Hall–Kier alpha value is -1.03. The average molecular weight is 277 g/mol. The minimum absolute atomic E-state index is 0.369. The first kappa shape index (κ1) is 13.9. The molecule has 4 nitrogen and oxygen atoms in total. The Kier molecular flexibility index (Phi) is 3.76. The second-order valence-corrected chi connectivity index (χ2v) is 6.51. The van der Waals surface area contributed by atoms with Gasteiger partial charge in [-0.15, -0.1) is 0 Å². The molecule has 0 bridgehead atoms. The van der Waals surface area contributed by atoms with Crippen molar-refractivity contribution in [2.45, 2.75) is 52.1 Å². The maximum atomic E-state index is 5.58. The lowest BCUT2D eigenvalue weighted by Gasteiger charge is -2.23. The predicted molar refractivity (Wildman–Crippen MR) is 79.9 cm³/mol. The van der Waals surface area contributed by atoms with Gasteiger partial charge in [0.1, 0.15) is 0 Å². The fourth-order valence-corrected chi connectivity index (χ4v) is 4.23. The number of nitrogens with zero attached hydrogens (tertiary/aromatic N) is 2. The molecule has 0 spiro atoms. The monoisotopic (exact) mass is 277 g/mol. The van der Waals surface area contributed by atoms with E-state index in [2.05, 4.69) is 35.9 Å². The normalized spacial score (nSPS) is 29.6. The molecule has 0 radical (unpaired) electrons. The predicted octanol–water partition coefficient (Wildman–Crippen LogP) is 3.17. The number of hydrogen-bond donors (Lipinski definition) is 1. The van der Waals surface area contributed by atoms with Crippen LogP contribution in [0.3, 0.4) is 0 Å². The van der Waals surface area contributed by atoms with Crippen LogP contribution in [-0.4, -0.2) is 23.4 Å². The molecule has 1 aromatic heterocycles. The van der Waals surface area contributed by atoms with E-state index in [1.807, 2.05) is 6.20 Å². The first-order chi connectivity index (χ1) is 9.69. The molecule has 3 atom stereocenters. The van der Waals surface area contributed by atoms with Gasteiger partial charge in [-0.05, 0) is 51.0 Å². The Morgan fingerprint density at radius 3 is 2.65 bits per heavy atom. The third-order valence-corrected chi connectivity index (χ3v) is 5.08. The Morgan fingerprint density at radius 2 is 2.10 bits per heavy atom. The lowest BCUT2D eigenvalue weighted by molar-refractivity contribution is 0.353.